The highest BCUT2D eigenvalue weighted by atomic mass is 16.5. The average Bonchev–Trinajstić information content (AvgIpc) is 3.34. The first-order valence-corrected chi connectivity index (χ1v) is 9.32. The third-order valence-corrected chi connectivity index (χ3v) is 5.36. The minimum Gasteiger partial charge on any atom is -0.465 e. The number of H-pyrrole nitrogens is 1. The predicted octanol–water partition coefficient (Wildman–Crippen LogP) is 2.11. The van der Waals surface area contributed by atoms with Gasteiger partial charge in [-0.15, -0.1) is 0 Å². The minimum atomic E-state index is -1.01. The van der Waals surface area contributed by atoms with Gasteiger partial charge in [-0.05, 0) is 25.5 Å². The van der Waals surface area contributed by atoms with Crippen molar-refractivity contribution in [2.24, 2.45) is 0 Å². The number of nitrogens with zero attached hydrogens (tertiary/aromatic N) is 4. The van der Waals surface area contributed by atoms with Crippen LogP contribution in [0.15, 0.2) is 24.5 Å². The Morgan fingerprint density at radius 1 is 1.36 bits per heavy atom. The largest absolute Gasteiger partial charge is 0.465 e. The molecule has 3 aromatic heterocycles. The molecule has 5 heterocycles. The third kappa shape index (κ3) is 2.62. The zero-order valence-electron chi connectivity index (χ0n) is 15.3. The molecule has 144 valence electrons. The van der Waals surface area contributed by atoms with Crippen molar-refractivity contribution in [3.8, 4) is 11.3 Å². The molecule has 2 aliphatic heterocycles. The van der Waals surface area contributed by atoms with Crippen LogP contribution < -0.4 is 10.2 Å². The molecule has 0 spiro atoms. The van der Waals surface area contributed by atoms with Gasteiger partial charge in [0.25, 0.3) is 0 Å². The molecule has 0 aliphatic carbocycles. The van der Waals surface area contributed by atoms with Crippen molar-refractivity contribution in [2.75, 3.05) is 24.6 Å². The van der Waals surface area contributed by atoms with E-state index in [0.29, 0.717) is 31.2 Å². The number of fused-ring (bicyclic) bond motifs is 2. The second-order valence-electron chi connectivity index (χ2n) is 7.05. The van der Waals surface area contributed by atoms with Gasteiger partial charge < -0.3 is 20.1 Å². The van der Waals surface area contributed by atoms with Crippen molar-refractivity contribution in [3.63, 3.8) is 0 Å². The molecule has 2 atom stereocenters. The van der Waals surface area contributed by atoms with E-state index < -0.39 is 6.09 Å². The Hall–Kier alpha value is -3.04. The lowest BCUT2D eigenvalue weighted by atomic mass is 10.0. The highest BCUT2D eigenvalue weighted by Crippen LogP contribution is 2.38. The van der Waals surface area contributed by atoms with Gasteiger partial charge in [-0.25, -0.2) is 19.7 Å². The van der Waals surface area contributed by atoms with Crippen LogP contribution in [0.1, 0.15) is 24.4 Å². The number of aromatic nitrogens is 4. The van der Waals surface area contributed by atoms with E-state index >= 15 is 0 Å². The summed E-state index contributed by atoms with van der Waals surface area (Å²) in [6, 6.07) is 3.90. The Morgan fingerprint density at radius 3 is 3.07 bits per heavy atom. The minimum absolute atomic E-state index is 0.0315. The number of aromatic amines is 1. The zero-order chi connectivity index (χ0) is 19.3. The van der Waals surface area contributed by atoms with Crippen LogP contribution in [0, 0.1) is 0 Å². The molecule has 9 heteroatoms. The fraction of sp³-hybridized carbons (Fsp3) is 0.368. The number of rotatable bonds is 2. The standard InChI is InChI=1S/C19H20N6O3/c1-10-15(28-9-7-20-10)17-23-14(11-2-5-21-16-12(11)3-6-22-16)13-4-8-25(19(26)27)18(13)24-17/h2-3,5-6,10,15,20H,4,7-9H2,1H3,(H,21,22)(H,26,27)/t10?,15-/m1/s1. The predicted molar refractivity (Wildman–Crippen MR) is 102 cm³/mol. The van der Waals surface area contributed by atoms with Crippen molar-refractivity contribution in [1.29, 1.82) is 0 Å². The van der Waals surface area contributed by atoms with Crippen LogP contribution in [0.5, 0.6) is 0 Å². The van der Waals surface area contributed by atoms with Crippen molar-refractivity contribution in [3.05, 3.63) is 35.9 Å². The molecule has 1 amide bonds. The molecule has 0 radical (unpaired) electrons. The molecule has 0 aromatic carbocycles. The summed E-state index contributed by atoms with van der Waals surface area (Å²) in [6.45, 7) is 3.72. The fourth-order valence-electron chi connectivity index (χ4n) is 4.00. The first kappa shape index (κ1) is 17.1. The summed E-state index contributed by atoms with van der Waals surface area (Å²) in [4.78, 5) is 30.0. The Morgan fingerprint density at radius 2 is 2.25 bits per heavy atom. The lowest BCUT2D eigenvalue weighted by Gasteiger charge is -2.30. The molecule has 0 bridgehead atoms. The van der Waals surface area contributed by atoms with E-state index in [0.717, 1.165) is 34.4 Å². The van der Waals surface area contributed by atoms with Crippen LogP contribution in [0.25, 0.3) is 22.3 Å². The number of amides is 1. The van der Waals surface area contributed by atoms with Crippen molar-refractivity contribution in [1.82, 2.24) is 25.3 Å². The van der Waals surface area contributed by atoms with Crippen LogP contribution in [-0.2, 0) is 11.2 Å². The average molecular weight is 380 g/mol. The number of hydrogen-bond acceptors (Lipinski definition) is 6. The highest BCUT2D eigenvalue weighted by Gasteiger charge is 2.34. The summed E-state index contributed by atoms with van der Waals surface area (Å²) in [5.74, 6) is 0.955. The molecule has 28 heavy (non-hydrogen) atoms. The lowest BCUT2D eigenvalue weighted by molar-refractivity contribution is -0.00548. The monoisotopic (exact) mass is 380 g/mol. The van der Waals surface area contributed by atoms with Gasteiger partial charge in [0, 0.05) is 48.0 Å². The Balaban J connectivity index is 1.73. The van der Waals surface area contributed by atoms with Crippen LogP contribution >= 0.6 is 0 Å². The van der Waals surface area contributed by atoms with E-state index in [2.05, 4.69) is 20.3 Å². The van der Waals surface area contributed by atoms with Gasteiger partial charge in [0.15, 0.2) is 5.82 Å². The molecule has 0 saturated carbocycles. The summed E-state index contributed by atoms with van der Waals surface area (Å²) in [5.41, 5.74) is 3.27. The number of pyridine rings is 1. The summed E-state index contributed by atoms with van der Waals surface area (Å²) in [5, 5.41) is 13.9. The zero-order valence-corrected chi connectivity index (χ0v) is 15.3. The van der Waals surface area contributed by atoms with Crippen molar-refractivity contribution in [2.45, 2.75) is 25.5 Å². The molecular formula is C19H20N6O3. The Labute approximate surface area is 160 Å². The fourth-order valence-corrected chi connectivity index (χ4v) is 4.00. The van der Waals surface area contributed by atoms with Crippen LogP contribution in [-0.4, -0.2) is 56.9 Å². The normalized spacial score (nSPS) is 21.8. The lowest BCUT2D eigenvalue weighted by Crippen LogP contribution is -2.42. The first-order valence-electron chi connectivity index (χ1n) is 9.32. The number of hydrogen-bond donors (Lipinski definition) is 3. The molecule has 1 unspecified atom stereocenters. The van der Waals surface area contributed by atoms with Crippen molar-refractivity contribution < 1.29 is 14.6 Å². The van der Waals surface area contributed by atoms with E-state index in [1.54, 1.807) is 6.20 Å². The number of carboxylic acid groups (broad SMARTS) is 1. The SMILES string of the molecule is CC1NCCO[C@H]1c1nc(-c2ccnc3[nH]ccc23)c2c(n1)N(C(=O)O)CC2. The van der Waals surface area contributed by atoms with Gasteiger partial charge in [0.05, 0.1) is 12.3 Å². The number of ether oxygens (including phenoxy) is 1. The van der Waals surface area contributed by atoms with Gasteiger partial charge in [-0.1, -0.05) is 0 Å². The number of carbonyl (C=O) groups is 1. The molecule has 5 rings (SSSR count). The maximum Gasteiger partial charge on any atom is 0.413 e. The summed E-state index contributed by atoms with van der Waals surface area (Å²) < 4.78 is 5.92. The smallest absolute Gasteiger partial charge is 0.413 e. The van der Waals surface area contributed by atoms with Crippen LogP contribution in [0.3, 0.4) is 0 Å². The van der Waals surface area contributed by atoms with Gasteiger partial charge in [0.2, 0.25) is 0 Å². The van der Waals surface area contributed by atoms with E-state index in [4.69, 9.17) is 9.72 Å². The summed E-state index contributed by atoms with van der Waals surface area (Å²) in [6.07, 6.45) is 2.80. The first-order chi connectivity index (χ1) is 13.6. The Bertz CT molecular complexity index is 1070. The quantitative estimate of drug-likeness (QED) is 0.623. The number of morpholine rings is 1. The van der Waals surface area contributed by atoms with Gasteiger partial charge >= 0.3 is 6.09 Å². The van der Waals surface area contributed by atoms with Crippen LogP contribution in [0.4, 0.5) is 10.6 Å². The molecule has 3 N–H and O–H groups in total. The van der Waals surface area contributed by atoms with Gasteiger partial charge in [-0.3, -0.25) is 4.90 Å². The molecule has 9 nitrogen and oxygen atoms in total. The van der Waals surface area contributed by atoms with E-state index in [-0.39, 0.29) is 12.1 Å². The maximum absolute atomic E-state index is 11.7. The molecular weight excluding hydrogens is 360 g/mol. The number of nitrogens with one attached hydrogen (secondary N) is 2. The third-order valence-electron chi connectivity index (χ3n) is 5.36. The molecule has 2 aliphatic rings. The van der Waals surface area contributed by atoms with Gasteiger partial charge in [-0.2, -0.15) is 0 Å². The van der Waals surface area contributed by atoms with E-state index in [1.165, 1.54) is 4.90 Å². The second kappa shape index (κ2) is 6.54. The Kier molecular flexibility index (Phi) is 3.99. The summed E-state index contributed by atoms with van der Waals surface area (Å²) in [7, 11) is 0. The van der Waals surface area contributed by atoms with E-state index in [9.17, 15) is 9.90 Å². The second-order valence-corrected chi connectivity index (χ2v) is 7.05. The van der Waals surface area contributed by atoms with Crippen LogP contribution in [0.2, 0.25) is 0 Å². The number of anilines is 1. The molecule has 3 aromatic rings. The van der Waals surface area contributed by atoms with E-state index in [1.807, 2.05) is 25.3 Å². The van der Waals surface area contributed by atoms with Gasteiger partial charge in [0.1, 0.15) is 17.6 Å². The maximum atomic E-state index is 11.7. The topological polar surface area (TPSA) is 116 Å². The molecule has 1 fully saturated rings. The summed E-state index contributed by atoms with van der Waals surface area (Å²) >= 11 is 0. The molecule has 1 saturated heterocycles. The van der Waals surface area contributed by atoms with Crippen molar-refractivity contribution >= 4 is 22.9 Å². The highest BCUT2D eigenvalue weighted by molar-refractivity contribution is 5.95.